The number of hydrogen-bond donors (Lipinski definition) is 0. The molecule has 0 aromatic heterocycles. The summed E-state index contributed by atoms with van der Waals surface area (Å²) in [6, 6.07) is 8.66. The predicted molar refractivity (Wildman–Crippen MR) is 43.4 cm³/mol. The van der Waals surface area contributed by atoms with Crippen molar-refractivity contribution in [2.24, 2.45) is 0 Å². The van der Waals surface area contributed by atoms with Crippen molar-refractivity contribution in [3.63, 3.8) is 0 Å². The van der Waals surface area contributed by atoms with Crippen LogP contribution < -0.4 is 0 Å². The van der Waals surface area contributed by atoms with Crippen LogP contribution in [0.4, 0.5) is 0 Å². The molecule has 1 aromatic carbocycles. The molecule has 0 N–H and O–H groups in total. The van der Waals surface area contributed by atoms with Crippen LogP contribution in [0.15, 0.2) is 24.3 Å². The molecule has 1 aromatic rings. The lowest BCUT2D eigenvalue weighted by molar-refractivity contribution is 1.36. The Hall–Kier alpha value is -0.715. The molecule has 0 heterocycles. The first kappa shape index (κ1) is 6.41. The molecule has 1 rings (SSSR count). The number of hydrogen-bond acceptors (Lipinski definition) is 0. The third-order valence-corrected chi connectivity index (χ3v) is 1.53. The van der Waals surface area contributed by atoms with Gasteiger partial charge in [-0.05, 0) is 6.92 Å². The maximum absolute atomic E-state index is 2.18. The van der Waals surface area contributed by atoms with E-state index in [1.165, 1.54) is 11.1 Å². The third kappa shape index (κ3) is 1.60. The largest absolute Gasteiger partial charge is 0.107 e. The van der Waals surface area contributed by atoms with Gasteiger partial charge in [-0.3, -0.25) is 0 Å². The van der Waals surface area contributed by atoms with E-state index in [1.807, 2.05) is 0 Å². The zero-order valence-corrected chi connectivity index (χ0v) is 6.02. The van der Waals surface area contributed by atoms with E-state index >= 15 is 0 Å². The second-order valence-corrected chi connectivity index (χ2v) is 2.34. The van der Waals surface area contributed by atoms with Crippen molar-refractivity contribution in [1.29, 1.82) is 0 Å². The zero-order valence-electron chi connectivity index (χ0n) is 6.02. The first-order valence-corrected chi connectivity index (χ1v) is 3.38. The van der Waals surface area contributed by atoms with Gasteiger partial charge >= 0.3 is 0 Å². The number of benzene rings is 1. The van der Waals surface area contributed by atoms with Crippen LogP contribution in [0.1, 0.15) is 11.1 Å². The molecule has 9 heavy (non-hydrogen) atoms. The van der Waals surface area contributed by atoms with Crippen LogP contribution in [0, 0.1) is 6.92 Å². The fourth-order valence-corrected chi connectivity index (χ4v) is 0.824. The lowest BCUT2D eigenvalue weighted by Gasteiger charge is -1.94. The minimum Gasteiger partial charge on any atom is -0.0595 e. The van der Waals surface area contributed by atoms with Crippen molar-refractivity contribution in [1.82, 2.24) is 0 Å². The highest BCUT2D eigenvalue weighted by atomic mass is 13.9. The smallest absolute Gasteiger partial charge is 0.0595 e. The highest BCUT2D eigenvalue weighted by Crippen LogP contribution is 2.01. The molecule has 0 saturated heterocycles. The maximum atomic E-state index is 2.18. The van der Waals surface area contributed by atoms with E-state index in [4.69, 9.17) is 0 Å². The average molecular weight is 118 g/mol. The summed E-state index contributed by atoms with van der Waals surface area (Å²) in [4.78, 5) is 0. The topological polar surface area (TPSA) is 0 Å². The fraction of sp³-hybridized carbons (Fsp3) is 0.250. The molecule has 0 atom stereocenters. The Labute approximate surface area is 57.3 Å². The van der Waals surface area contributed by atoms with Crippen molar-refractivity contribution in [2.45, 2.75) is 13.2 Å². The molecule has 46 valence electrons. The summed E-state index contributed by atoms with van der Waals surface area (Å²) in [7, 11) is 2.17. The summed E-state index contributed by atoms with van der Waals surface area (Å²) in [6.07, 6.45) is 1.14. The molecule has 0 radical (unpaired) electrons. The lowest BCUT2D eigenvalue weighted by Crippen LogP contribution is -1.81. The lowest BCUT2D eigenvalue weighted by atomic mass is 9.96. The van der Waals surface area contributed by atoms with Crippen molar-refractivity contribution >= 4 is 7.85 Å². The summed E-state index contributed by atoms with van der Waals surface area (Å²) in [5.41, 5.74) is 2.76. The molecule has 0 nitrogen and oxygen atoms in total. The van der Waals surface area contributed by atoms with Gasteiger partial charge in [-0.25, -0.2) is 0 Å². The van der Waals surface area contributed by atoms with Gasteiger partial charge in [0.2, 0.25) is 0 Å². The van der Waals surface area contributed by atoms with Gasteiger partial charge in [0.15, 0.2) is 0 Å². The van der Waals surface area contributed by atoms with E-state index in [1.54, 1.807) is 0 Å². The Balaban J connectivity index is 2.88. The summed E-state index contributed by atoms with van der Waals surface area (Å²) in [5, 5.41) is 0. The summed E-state index contributed by atoms with van der Waals surface area (Å²) >= 11 is 0. The molecule has 0 saturated carbocycles. The standard InChI is InChI=1S/C8H11B/c1-7-2-4-8(6-9)5-3-7/h2-5H,6,9H2,1H3. The van der Waals surface area contributed by atoms with E-state index in [9.17, 15) is 0 Å². The van der Waals surface area contributed by atoms with Gasteiger partial charge in [-0.1, -0.05) is 41.7 Å². The van der Waals surface area contributed by atoms with Gasteiger partial charge in [0.05, 0.1) is 0 Å². The minimum absolute atomic E-state index is 1.14. The summed E-state index contributed by atoms with van der Waals surface area (Å²) in [6.45, 7) is 2.11. The van der Waals surface area contributed by atoms with Crippen LogP contribution >= 0.6 is 0 Å². The van der Waals surface area contributed by atoms with Crippen LogP contribution in [-0.4, -0.2) is 7.85 Å². The van der Waals surface area contributed by atoms with Crippen molar-refractivity contribution < 1.29 is 0 Å². The zero-order chi connectivity index (χ0) is 6.69. The maximum Gasteiger partial charge on any atom is 0.107 e. The molecular weight excluding hydrogens is 107 g/mol. The van der Waals surface area contributed by atoms with Crippen LogP contribution in [0.5, 0.6) is 0 Å². The molecule has 0 amide bonds. The molecule has 0 unspecified atom stereocenters. The van der Waals surface area contributed by atoms with Gasteiger partial charge in [-0.15, -0.1) is 0 Å². The molecule has 0 aliphatic heterocycles. The van der Waals surface area contributed by atoms with Crippen molar-refractivity contribution in [3.8, 4) is 0 Å². The molecule has 0 fully saturated rings. The molecule has 0 bridgehead atoms. The second-order valence-electron chi connectivity index (χ2n) is 2.34. The number of aryl methyl sites for hydroxylation is 1. The van der Waals surface area contributed by atoms with E-state index in [-0.39, 0.29) is 0 Å². The molecule has 0 aliphatic carbocycles. The Bertz CT molecular complexity index is 176. The van der Waals surface area contributed by atoms with Crippen LogP contribution in [0.2, 0.25) is 0 Å². The van der Waals surface area contributed by atoms with E-state index < -0.39 is 0 Å². The van der Waals surface area contributed by atoms with E-state index in [0.717, 1.165) is 6.32 Å². The SMILES string of the molecule is BCc1ccc(C)cc1. The molecular formula is C8H11B. The van der Waals surface area contributed by atoms with Crippen molar-refractivity contribution in [2.75, 3.05) is 0 Å². The highest BCUT2D eigenvalue weighted by molar-refractivity contribution is 6.08. The molecule has 0 aliphatic rings. The normalized spacial score (nSPS) is 9.44. The minimum atomic E-state index is 1.14. The fourth-order valence-electron chi connectivity index (χ4n) is 0.824. The van der Waals surface area contributed by atoms with Gasteiger partial charge in [-0.2, -0.15) is 0 Å². The number of rotatable bonds is 1. The van der Waals surface area contributed by atoms with Crippen molar-refractivity contribution in [3.05, 3.63) is 35.4 Å². The van der Waals surface area contributed by atoms with E-state index in [2.05, 4.69) is 39.0 Å². The van der Waals surface area contributed by atoms with Gasteiger partial charge in [0.25, 0.3) is 0 Å². The monoisotopic (exact) mass is 118 g/mol. The Morgan fingerprint density at radius 1 is 1.22 bits per heavy atom. The Morgan fingerprint density at radius 2 is 1.78 bits per heavy atom. The van der Waals surface area contributed by atoms with Crippen LogP contribution in [-0.2, 0) is 6.32 Å². The summed E-state index contributed by atoms with van der Waals surface area (Å²) in [5.74, 6) is 0. The quantitative estimate of drug-likeness (QED) is 0.485. The van der Waals surface area contributed by atoms with Crippen LogP contribution in [0.25, 0.3) is 0 Å². The first-order valence-electron chi connectivity index (χ1n) is 3.38. The average Bonchev–Trinajstić information content (AvgIpc) is 1.90. The van der Waals surface area contributed by atoms with Gasteiger partial charge in [0, 0.05) is 0 Å². The second kappa shape index (κ2) is 2.72. The highest BCUT2D eigenvalue weighted by Gasteiger charge is 1.84. The van der Waals surface area contributed by atoms with Gasteiger partial charge < -0.3 is 0 Å². The van der Waals surface area contributed by atoms with E-state index in [0.29, 0.717) is 0 Å². The Morgan fingerprint density at radius 3 is 2.22 bits per heavy atom. The first-order chi connectivity index (χ1) is 4.33. The third-order valence-electron chi connectivity index (χ3n) is 1.53. The van der Waals surface area contributed by atoms with Gasteiger partial charge in [0.1, 0.15) is 7.85 Å². The van der Waals surface area contributed by atoms with Crippen LogP contribution in [0.3, 0.4) is 0 Å². The predicted octanol–water partition coefficient (Wildman–Crippen LogP) is 1.13. The Kier molecular flexibility index (Phi) is 1.94. The summed E-state index contributed by atoms with van der Waals surface area (Å²) < 4.78 is 0. The molecule has 0 spiro atoms. The molecule has 1 heteroatoms.